The predicted octanol–water partition coefficient (Wildman–Crippen LogP) is -0.0256. The van der Waals surface area contributed by atoms with Gasteiger partial charge in [0.1, 0.15) is 0 Å². The van der Waals surface area contributed by atoms with Gasteiger partial charge >= 0.3 is 5.97 Å². The minimum Gasteiger partial charge on any atom is -0.481 e. The monoisotopic (exact) mass is 127 g/mol. The highest BCUT2D eigenvalue weighted by Gasteiger charge is 2.24. The molecule has 0 aliphatic heterocycles. The normalized spacial score (nSPS) is 33.0. The van der Waals surface area contributed by atoms with Crippen molar-refractivity contribution in [3.63, 3.8) is 0 Å². The van der Waals surface area contributed by atoms with Crippen molar-refractivity contribution in [2.75, 3.05) is 0 Å². The molecule has 0 saturated heterocycles. The molecule has 3 nitrogen and oxygen atoms in total. The van der Waals surface area contributed by atoms with Gasteiger partial charge in [-0.3, -0.25) is 4.79 Å². The molecule has 3 N–H and O–H groups in total. The number of carboxylic acid groups (broad SMARTS) is 1. The molecule has 0 bridgehead atoms. The number of hydrogen-bond acceptors (Lipinski definition) is 2. The minimum absolute atomic E-state index is 0.206. The molecule has 0 fully saturated rings. The molecule has 3 heteroatoms. The van der Waals surface area contributed by atoms with Gasteiger partial charge in [-0.25, -0.2) is 0 Å². The first-order valence-electron chi connectivity index (χ1n) is 2.87. The van der Waals surface area contributed by atoms with Crippen LogP contribution in [0.25, 0.3) is 0 Å². The van der Waals surface area contributed by atoms with Crippen LogP contribution in [-0.4, -0.2) is 17.1 Å². The van der Waals surface area contributed by atoms with E-state index in [1.54, 1.807) is 6.08 Å². The van der Waals surface area contributed by atoms with Gasteiger partial charge in [0.05, 0.1) is 5.92 Å². The molecule has 0 radical (unpaired) electrons. The van der Waals surface area contributed by atoms with Crippen molar-refractivity contribution in [2.45, 2.75) is 12.5 Å². The highest BCUT2D eigenvalue weighted by atomic mass is 16.4. The SMILES string of the molecule is NC1CC=CC1C(=O)O. The van der Waals surface area contributed by atoms with Crippen molar-refractivity contribution in [1.29, 1.82) is 0 Å². The summed E-state index contributed by atoms with van der Waals surface area (Å²) < 4.78 is 0. The zero-order valence-corrected chi connectivity index (χ0v) is 4.95. The Labute approximate surface area is 53.2 Å². The first-order valence-corrected chi connectivity index (χ1v) is 2.87. The third-order valence-corrected chi connectivity index (χ3v) is 1.50. The fourth-order valence-corrected chi connectivity index (χ4v) is 0.937. The second-order valence-electron chi connectivity index (χ2n) is 2.19. The summed E-state index contributed by atoms with van der Waals surface area (Å²) in [5.41, 5.74) is 5.44. The van der Waals surface area contributed by atoms with E-state index in [0.717, 1.165) is 0 Å². The van der Waals surface area contributed by atoms with E-state index in [9.17, 15) is 4.79 Å². The molecular formula is C6H9NO2. The summed E-state index contributed by atoms with van der Waals surface area (Å²) in [6.07, 6.45) is 4.15. The molecule has 1 aliphatic carbocycles. The molecule has 0 amide bonds. The summed E-state index contributed by atoms with van der Waals surface area (Å²) in [5.74, 6) is -1.28. The number of nitrogens with two attached hydrogens (primary N) is 1. The van der Waals surface area contributed by atoms with E-state index >= 15 is 0 Å². The fraction of sp³-hybridized carbons (Fsp3) is 0.500. The van der Waals surface area contributed by atoms with Gasteiger partial charge in [-0.15, -0.1) is 0 Å². The molecular weight excluding hydrogens is 118 g/mol. The largest absolute Gasteiger partial charge is 0.481 e. The lowest BCUT2D eigenvalue weighted by atomic mass is 10.1. The zero-order chi connectivity index (χ0) is 6.85. The van der Waals surface area contributed by atoms with E-state index < -0.39 is 11.9 Å². The van der Waals surface area contributed by atoms with Gasteiger partial charge in [-0.2, -0.15) is 0 Å². The molecule has 0 aromatic rings. The quantitative estimate of drug-likeness (QED) is 0.486. The minimum atomic E-state index is -0.823. The Morgan fingerprint density at radius 1 is 1.78 bits per heavy atom. The standard InChI is InChI=1S/C6H9NO2/c7-5-3-1-2-4(5)6(8)9/h1-2,4-5H,3,7H2,(H,8,9). The van der Waals surface area contributed by atoms with E-state index in [2.05, 4.69) is 0 Å². The maximum Gasteiger partial charge on any atom is 0.311 e. The number of hydrogen-bond donors (Lipinski definition) is 2. The molecule has 0 aromatic heterocycles. The van der Waals surface area contributed by atoms with Crippen LogP contribution < -0.4 is 5.73 Å². The summed E-state index contributed by atoms with van der Waals surface area (Å²) in [5, 5.41) is 8.45. The average molecular weight is 127 g/mol. The third kappa shape index (κ3) is 1.10. The lowest BCUT2D eigenvalue weighted by molar-refractivity contribution is -0.140. The lowest BCUT2D eigenvalue weighted by Gasteiger charge is -2.07. The second-order valence-corrected chi connectivity index (χ2v) is 2.19. The third-order valence-electron chi connectivity index (χ3n) is 1.50. The highest BCUT2D eigenvalue weighted by molar-refractivity contribution is 5.73. The summed E-state index contributed by atoms with van der Waals surface area (Å²) in [6, 6.07) is -0.206. The smallest absolute Gasteiger partial charge is 0.311 e. The predicted molar refractivity (Wildman–Crippen MR) is 32.9 cm³/mol. The lowest BCUT2D eigenvalue weighted by Crippen LogP contribution is -2.30. The molecule has 2 atom stereocenters. The first kappa shape index (κ1) is 6.29. The Morgan fingerprint density at radius 2 is 2.44 bits per heavy atom. The summed E-state index contributed by atoms with van der Waals surface area (Å²) in [4.78, 5) is 10.3. The Bertz CT molecular complexity index is 153. The van der Waals surface area contributed by atoms with E-state index in [-0.39, 0.29) is 6.04 Å². The number of carbonyl (C=O) groups is 1. The van der Waals surface area contributed by atoms with Crippen molar-refractivity contribution < 1.29 is 9.90 Å². The van der Waals surface area contributed by atoms with Crippen molar-refractivity contribution >= 4 is 5.97 Å². The van der Waals surface area contributed by atoms with E-state index in [1.807, 2.05) is 6.08 Å². The Kier molecular flexibility index (Phi) is 1.53. The van der Waals surface area contributed by atoms with Crippen LogP contribution in [0.15, 0.2) is 12.2 Å². The van der Waals surface area contributed by atoms with Gasteiger partial charge in [-0.05, 0) is 6.42 Å². The van der Waals surface area contributed by atoms with Crippen molar-refractivity contribution in [1.82, 2.24) is 0 Å². The Morgan fingerprint density at radius 3 is 2.67 bits per heavy atom. The molecule has 0 saturated carbocycles. The molecule has 0 aromatic carbocycles. The second kappa shape index (κ2) is 2.19. The average Bonchev–Trinajstić information content (AvgIpc) is 2.13. The van der Waals surface area contributed by atoms with Gasteiger partial charge in [0.2, 0.25) is 0 Å². The van der Waals surface area contributed by atoms with Crippen LogP contribution >= 0.6 is 0 Å². The fourth-order valence-electron chi connectivity index (χ4n) is 0.937. The Balaban J connectivity index is 2.59. The maximum absolute atomic E-state index is 10.3. The van der Waals surface area contributed by atoms with Gasteiger partial charge in [0.25, 0.3) is 0 Å². The number of rotatable bonds is 1. The van der Waals surface area contributed by atoms with Crippen LogP contribution in [0.4, 0.5) is 0 Å². The maximum atomic E-state index is 10.3. The van der Waals surface area contributed by atoms with E-state index in [1.165, 1.54) is 0 Å². The van der Waals surface area contributed by atoms with Crippen molar-refractivity contribution in [2.24, 2.45) is 11.7 Å². The summed E-state index contributed by atoms with van der Waals surface area (Å²) >= 11 is 0. The van der Waals surface area contributed by atoms with Crippen LogP contribution in [-0.2, 0) is 4.79 Å². The summed E-state index contributed by atoms with van der Waals surface area (Å²) in [7, 11) is 0. The van der Waals surface area contributed by atoms with Crippen LogP contribution in [0.2, 0.25) is 0 Å². The first-order chi connectivity index (χ1) is 4.22. The number of carboxylic acids is 1. The molecule has 2 unspecified atom stereocenters. The molecule has 9 heavy (non-hydrogen) atoms. The van der Waals surface area contributed by atoms with Gasteiger partial charge in [-0.1, -0.05) is 12.2 Å². The molecule has 0 spiro atoms. The van der Waals surface area contributed by atoms with Gasteiger partial charge < -0.3 is 10.8 Å². The van der Waals surface area contributed by atoms with Crippen molar-refractivity contribution in [3.05, 3.63) is 12.2 Å². The van der Waals surface area contributed by atoms with Gasteiger partial charge in [0.15, 0.2) is 0 Å². The van der Waals surface area contributed by atoms with Gasteiger partial charge in [0, 0.05) is 6.04 Å². The van der Waals surface area contributed by atoms with E-state index in [0.29, 0.717) is 6.42 Å². The molecule has 1 aliphatic rings. The topological polar surface area (TPSA) is 63.3 Å². The summed E-state index contributed by atoms with van der Waals surface area (Å²) in [6.45, 7) is 0. The van der Waals surface area contributed by atoms with E-state index in [4.69, 9.17) is 10.8 Å². The van der Waals surface area contributed by atoms with Crippen LogP contribution in [0.5, 0.6) is 0 Å². The zero-order valence-electron chi connectivity index (χ0n) is 4.95. The molecule has 50 valence electrons. The molecule has 1 rings (SSSR count). The van der Waals surface area contributed by atoms with Crippen LogP contribution in [0.1, 0.15) is 6.42 Å². The van der Waals surface area contributed by atoms with Crippen LogP contribution in [0, 0.1) is 5.92 Å². The number of aliphatic carboxylic acids is 1. The van der Waals surface area contributed by atoms with Crippen molar-refractivity contribution in [3.8, 4) is 0 Å². The Hall–Kier alpha value is -0.830. The molecule has 0 heterocycles. The van der Waals surface area contributed by atoms with Crippen LogP contribution in [0.3, 0.4) is 0 Å². The highest BCUT2D eigenvalue weighted by Crippen LogP contribution is 2.15.